The lowest BCUT2D eigenvalue weighted by molar-refractivity contribution is 0.179. The van der Waals surface area contributed by atoms with Gasteiger partial charge in [-0.1, -0.05) is 6.07 Å². The molecule has 1 unspecified atom stereocenters. The number of methoxy groups -OCH3 is 1. The second-order valence-corrected chi connectivity index (χ2v) is 5.32. The molecule has 2 aromatic rings. The topological polar surface area (TPSA) is 60.2 Å². The molecule has 0 radical (unpaired) electrons. The summed E-state index contributed by atoms with van der Waals surface area (Å²) in [7, 11) is 1.75. The Morgan fingerprint density at radius 2 is 2.30 bits per heavy atom. The number of benzene rings is 1. The van der Waals surface area contributed by atoms with Crippen LogP contribution in [0.5, 0.6) is 0 Å². The first kappa shape index (κ1) is 13.1. The van der Waals surface area contributed by atoms with Crippen molar-refractivity contribution >= 4 is 5.69 Å². The molecule has 20 heavy (non-hydrogen) atoms. The summed E-state index contributed by atoms with van der Waals surface area (Å²) in [5, 5.41) is 11.3. The van der Waals surface area contributed by atoms with Crippen LogP contribution in [-0.4, -0.2) is 30.0 Å². The summed E-state index contributed by atoms with van der Waals surface area (Å²) in [5.74, 6) is 1.27. The summed E-state index contributed by atoms with van der Waals surface area (Å²) in [4.78, 5) is 0. The van der Waals surface area contributed by atoms with Crippen LogP contribution in [-0.2, 0) is 4.74 Å². The second kappa shape index (κ2) is 5.63. The van der Waals surface area contributed by atoms with Gasteiger partial charge >= 0.3 is 0 Å². The summed E-state index contributed by atoms with van der Waals surface area (Å²) in [6.45, 7) is 2.82. The molecule has 106 valence electrons. The number of ether oxygens (including phenoxy) is 1. The van der Waals surface area contributed by atoms with Crippen molar-refractivity contribution in [2.75, 3.05) is 19.0 Å². The molecule has 0 spiro atoms. The van der Waals surface area contributed by atoms with Crippen molar-refractivity contribution in [2.45, 2.75) is 25.8 Å². The lowest BCUT2D eigenvalue weighted by Crippen LogP contribution is -2.27. The highest BCUT2D eigenvalue weighted by molar-refractivity contribution is 5.64. The summed E-state index contributed by atoms with van der Waals surface area (Å²) in [5.41, 5.74) is 3.24. The minimum atomic E-state index is 0.372. The van der Waals surface area contributed by atoms with Crippen LogP contribution < -0.4 is 5.32 Å². The van der Waals surface area contributed by atoms with E-state index in [2.05, 4.69) is 34.6 Å². The monoisotopic (exact) mass is 273 g/mol. The van der Waals surface area contributed by atoms with Crippen LogP contribution in [0.3, 0.4) is 0 Å². The van der Waals surface area contributed by atoms with Crippen molar-refractivity contribution in [3.05, 3.63) is 30.2 Å². The van der Waals surface area contributed by atoms with Gasteiger partial charge in [-0.3, -0.25) is 0 Å². The molecular formula is C15H19N3O2. The minimum Gasteiger partial charge on any atom is -0.423 e. The zero-order valence-corrected chi connectivity index (χ0v) is 11.8. The number of rotatable bonds is 6. The molecule has 5 nitrogen and oxygen atoms in total. The maximum Gasteiger partial charge on any atom is 0.247 e. The fourth-order valence-corrected chi connectivity index (χ4v) is 2.38. The average molecular weight is 273 g/mol. The van der Waals surface area contributed by atoms with Gasteiger partial charge in [-0.25, -0.2) is 0 Å². The minimum absolute atomic E-state index is 0.372. The summed E-state index contributed by atoms with van der Waals surface area (Å²) < 4.78 is 10.6. The average Bonchev–Trinajstić information content (AvgIpc) is 3.15. The fourth-order valence-electron chi connectivity index (χ4n) is 2.38. The third-order valence-electron chi connectivity index (χ3n) is 3.72. The zero-order valence-electron chi connectivity index (χ0n) is 11.8. The smallest absolute Gasteiger partial charge is 0.247 e. The number of aromatic nitrogens is 2. The number of hydrogen-bond acceptors (Lipinski definition) is 5. The highest BCUT2D eigenvalue weighted by atomic mass is 16.5. The molecule has 3 rings (SSSR count). The van der Waals surface area contributed by atoms with Gasteiger partial charge in [0.25, 0.3) is 0 Å². The van der Waals surface area contributed by atoms with Crippen molar-refractivity contribution in [3.63, 3.8) is 0 Å². The normalized spacial score (nSPS) is 16.1. The molecule has 1 heterocycles. The predicted octanol–water partition coefficient (Wildman–Crippen LogP) is 2.88. The molecule has 1 aliphatic carbocycles. The van der Waals surface area contributed by atoms with Crippen LogP contribution in [0.25, 0.3) is 11.5 Å². The van der Waals surface area contributed by atoms with Gasteiger partial charge in [0.1, 0.15) is 0 Å². The van der Waals surface area contributed by atoms with Crippen LogP contribution in [0.1, 0.15) is 18.4 Å². The number of nitrogens with one attached hydrogen (secondary N) is 1. The Morgan fingerprint density at radius 3 is 2.95 bits per heavy atom. The van der Waals surface area contributed by atoms with E-state index in [-0.39, 0.29) is 0 Å². The predicted molar refractivity (Wildman–Crippen MR) is 76.5 cm³/mol. The SMILES string of the molecule is COCC(Nc1cc(-c2nnco2)ccc1C)C1CC1. The van der Waals surface area contributed by atoms with E-state index in [1.54, 1.807) is 7.11 Å². The highest BCUT2D eigenvalue weighted by Crippen LogP contribution is 2.35. The quantitative estimate of drug-likeness (QED) is 0.877. The van der Waals surface area contributed by atoms with E-state index in [4.69, 9.17) is 9.15 Å². The molecule has 0 amide bonds. The Balaban J connectivity index is 1.82. The third kappa shape index (κ3) is 2.82. The van der Waals surface area contributed by atoms with Gasteiger partial charge in [0.15, 0.2) is 0 Å². The molecule has 1 saturated carbocycles. The molecule has 0 bridgehead atoms. The third-order valence-corrected chi connectivity index (χ3v) is 3.72. The zero-order chi connectivity index (χ0) is 13.9. The molecule has 1 atom stereocenters. The van der Waals surface area contributed by atoms with Gasteiger partial charge in [-0.15, -0.1) is 10.2 Å². The Morgan fingerprint density at radius 1 is 1.45 bits per heavy atom. The van der Waals surface area contributed by atoms with Gasteiger partial charge in [0, 0.05) is 18.4 Å². The Bertz CT molecular complexity index is 565. The first-order chi connectivity index (χ1) is 9.78. The van der Waals surface area contributed by atoms with Crippen LogP contribution >= 0.6 is 0 Å². The summed E-state index contributed by atoms with van der Waals surface area (Å²) in [6.07, 6.45) is 3.91. The van der Waals surface area contributed by atoms with Gasteiger partial charge in [0.05, 0.1) is 12.6 Å². The summed E-state index contributed by atoms with van der Waals surface area (Å²) in [6, 6.07) is 6.50. The van der Waals surface area contributed by atoms with Crippen molar-refractivity contribution < 1.29 is 9.15 Å². The maximum atomic E-state index is 5.32. The molecule has 1 aromatic carbocycles. The Hall–Kier alpha value is -1.88. The van der Waals surface area contributed by atoms with E-state index in [1.165, 1.54) is 24.8 Å². The standard InChI is InChI=1S/C15H19N3O2/c1-10-3-4-12(15-18-16-9-20-15)7-13(10)17-14(8-19-2)11-5-6-11/h3-4,7,9,11,14,17H,5-6,8H2,1-2H3. The summed E-state index contributed by atoms with van der Waals surface area (Å²) >= 11 is 0. The highest BCUT2D eigenvalue weighted by Gasteiger charge is 2.31. The fraction of sp³-hybridized carbons (Fsp3) is 0.467. The first-order valence-electron chi connectivity index (χ1n) is 6.90. The van der Waals surface area contributed by atoms with E-state index in [0.29, 0.717) is 11.9 Å². The van der Waals surface area contributed by atoms with Gasteiger partial charge in [-0.05, 0) is 43.4 Å². The Labute approximate surface area is 118 Å². The van der Waals surface area contributed by atoms with Crippen molar-refractivity contribution in [1.82, 2.24) is 10.2 Å². The van der Waals surface area contributed by atoms with Gasteiger partial charge in [0.2, 0.25) is 12.3 Å². The van der Waals surface area contributed by atoms with Crippen molar-refractivity contribution in [3.8, 4) is 11.5 Å². The van der Waals surface area contributed by atoms with Crippen molar-refractivity contribution in [1.29, 1.82) is 0 Å². The van der Waals surface area contributed by atoms with Gasteiger partial charge in [-0.2, -0.15) is 0 Å². The Kier molecular flexibility index (Phi) is 3.69. The van der Waals surface area contributed by atoms with Crippen molar-refractivity contribution in [2.24, 2.45) is 5.92 Å². The first-order valence-corrected chi connectivity index (χ1v) is 6.90. The molecule has 1 fully saturated rings. The van der Waals surface area contributed by atoms with Crippen LogP contribution in [0.4, 0.5) is 5.69 Å². The molecule has 1 N–H and O–H groups in total. The number of aryl methyl sites for hydroxylation is 1. The van der Waals surface area contributed by atoms with E-state index < -0.39 is 0 Å². The van der Waals surface area contributed by atoms with E-state index in [0.717, 1.165) is 23.8 Å². The van der Waals surface area contributed by atoms with E-state index >= 15 is 0 Å². The number of nitrogens with zero attached hydrogens (tertiary/aromatic N) is 2. The van der Waals surface area contributed by atoms with E-state index in [9.17, 15) is 0 Å². The van der Waals surface area contributed by atoms with Crippen LogP contribution in [0.2, 0.25) is 0 Å². The lowest BCUT2D eigenvalue weighted by atomic mass is 10.1. The second-order valence-electron chi connectivity index (χ2n) is 5.32. The largest absolute Gasteiger partial charge is 0.423 e. The molecule has 1 aromatic heterocycles. The van der Waals surface area contributed by atoms with Crippen LogP contribution in [0, 0.1) is 12.8 Å². The van der Waals surface area contributed by atoms with E-state index in [1.807, 2.05) is 6.07 Å². The maximum absolute atomic E-state index is 5.32. The van der Waals surface area contributed by atoms with Gasteiger partial charge < -0.3 is 14.5 Å². The molecular weight excluding hydrogens is 254 g/mol. The molecule has 0 saturated heterocycles. The molecule has 0 aliphatic heterocycles. The number of anilines is 1. The number of hydrogen-bond donors (Lipinski definition) is 1. The van der Waals surface area contributed by atoms with Crippen LogP contribution in [0.15, 0.2) is 29.0 Å². The molecule has 1 aliphatic rings. The lowest BCUT2D eigenvalue weighted by Gasteiger charge is -2.20. The molecule has 5 heteroatoms.